The van der Waals surface area contributed by atoms with Crippen LogP contribution >= 0.6 is 97.3 Å². The fraction of sp³-hybridized carbons (Fsp3) is 0.944. The summed E-state index contributed by atoms with van der Waals surface area (Å²) in [5, 5.41) is 3.26. The van der Waals surface area contributed by atoms with Gasteiger partial charge < -0.3 is 5.32 Å². The third kappa shape index (κ3) is 33.8. The third-order valence-electron chi connectivity index (χ3n) is 3.64. The van der Waals surface area contributed by atoms with Gasteiger partial charge in [0.25, 0.3) is 0 Å². The Hall–Kier alpha value is 3.62. The average molecular weight is 908 g/mol. The van der Waals surface area contributed by atoms with E-state index in [2.05, 4.69) is 131 Å². The molecule has 5 nitrogen and oxygen atoms in total. The van der Waals surface area contributed by atoms with Gasteiger partial charge in [-0.25, -0.2) is 0 Å². The number of rotatable bonds is 2. The van der Waals surface area contributed by atoms with Crippen LogP contribution in [0.3, 0.4) is 0 Å². The Bertz CT molecular complexity index is 342. The van der Waals surface area contributed by atoms with Gasteiger partial charge in [0.2, 0.25) is 0 Å². The molecule has 0 radical (unpaired) electrons. The standard InChI is InChI=1S/C8H17N2OP.C4H11N2P.C3H7Br.CH3I.2CH4.2HI.V/c1-7(8(2)11)9-3-5-10(12)6-4-9;7-6-3-1-5-2-4-6;1-3(2)4;1-2;;;;;/h7H,3-6,12H2,1-2H3;5H,1-4,7H2;3H,1-2H3;1H3;2*1H4;2*1H;/q;;;;;;;;+2/p-2. The van der Waals surface area contributed by atoms with E-state index < -0.39 is 0 Å². The van der Waals surface area contributed by atoms with Crippen molar-refractivity contribution in [3.63, 3.8) is 0 Å². The van der Waals surface area contributed by atoms with E-state index in [0.29, 0.717) is 14.3 Å². The first kappa shape index (κ1) is 43.7. The Morgan fingerprint density at radius 3 is 1.47 bits per heavy atom. The summed E-state index contributed by atoms with van der Waals surface area (Å²) in [4.78, 5) is 15.9. The summed E-state index contributed by atoms with van der Waals surface area (Å²) in [7, 11) is 6.03. The summed E-state index contributed by atoms with van der Waals surface area (Å²) in [6.07, 6.45) is 0. The van der Waals surface area contributed by atoms with Crippen molar-refractivity contribution in [3.8, 4) is 0 Å². The average Bonchev–Trinajstić information content (AvgIpc) is 2.65. The van der Waals surface area contributed by atoms with Gasteiger partial charge in [0, 0.05) is 57.2 Å². The number of hydrogen-bond donors (Lipinski definition) is 1. The summed E-state index contributed by atoms with van der Waals surface area (Å²) in [5.74, 6) is 0.271. The first-order chi connectivity index (χ1) is 13.1. The molecule has 3 atom stereocenters. The normalized spacial score (nSPS) is 17.3. The van der Waals surface area contributed by atoms with E-state index >= 15 is 0 Å². The van der Waals surface area contributed by atoms with Crippen LogP contribution in [0, 0.1) is 0 Å². The van der Waals surface area contributed by atoms with E-state index in [4.69, 9.17) is 0 Å². The van der Waals surface area contributed by atoms with Crippen LogP contribution in [0.2, 0.25) is 0 Å². The molecule has 0 aliphatic carbocycles. The molecule has 30 heavy (non-hydrogen) atoms. The van der Waals surface area contributed by atoms with Gasteiger partial charge in [-0.1, -0.05) is 86.0 Å². The number of carbonyl (C=O) groups excluding carboxylic acids is 1. The van der Waals surface area contributed by atoms with E-state index in [1.165, 1.54) is 13.1 Å². The number of carbonyl (C=O) groups is 1. The van der Waals surface area contributed by atoms with Crippen molar-refractivity contribution in [2.75, 3.05) is 57.3 Å². The predicted molar refractivity (Wildman–Crippen MR) is 173 cm³/mol. The van der Waals surface area contributed by atoms with Crippen molar-refractivity contribution >= 4 is 103 Å². The number of piperazine rings is 2. The first-order valence-corrected chi connectivity index (χ1v) is 22.2. The molecule has 0 aromatic carbocycles. The molecule has 2 aliphatic heterocycles. The van der Waals surface area contributed by atoms with Crippen molar-refractivity contribution in [3.05, 3.63) is 0 Å². The summed E-state index contributed by atoms with van der Waals surface area (Å²) in [5.41, 5.74) is 0. The summed E-state index contributed by atoms with van der Waals surface area (Å²) in [6, 6.07) is 0.101. The van der Waals surface area contributed by atoms with Gasteiger partial charge in [-0.05, 0) is 18.8 Å². The molecule has 3 unspecified atom stereocenters. The number of alkyl halides is 2. The van der Waals surface area contributed by atoms with Gasteiger partial charge in [-0.15, -0.1) is 0 Å². The van der Waals surface area contributed by atoms with Crippen molar-refractivity contribution in [1.82, 2.24) is 19.6 Å². The summed E-state index contributed by atoms with van der Waals surface area (Å²) in [6.45, 7) is 16.5. The van der Waals surface area contributed by atoms with Crippen molar-refractivity contribution in [1.29, 1.82) is 0 Å². The van der Waals surface area contributed by atoms with Crippen LogP contribution in [0.4, 0.5) is 0 Å². The van der Waals surface area contributed by atoms with Gasteiger partial charge in [0.05, 0.1) is 6.04 Å². The van der Waals surface area contributed by atoms with Gasteiger partial charge in [-0.3, -0.25) is 19.0 Å². The van der Waals surface area contributed by atoms with Crippen LogP contribution in [0.1, 0.15) is 42.5 Å². The number of nitrogens with zero attached hydrogens (tertiary/aromatic N) is 3. The van der Waals surface area contributed by atoms with Crippen molar-refractivity contribution in [2.24, 2.45) is 0 Å². The molecule has 0 aromatic rings. The monoisotopic (exact) mass is 907 g/mol. The fourth-order valence-electron chi connectivity index (χ4n) is 2.06. The second-order valence-corrected chi connectivity index (χ2v) is 21.3. The molecule has 2 saturated heterocycles. The van der Waals surface area contributed by atoms with Gasteiger partial charge in [0.15, 0.2) is 0 Å². The molecular formula is C18H46BrI3N4OP2V. The van der Waals surface area contributed by atoms with Gasteiger partial charge in [0.1, 0.15) is 5.78 Å². The van der Waals surface area contributed by atoms with E-state index in [9.17, 15) is 4.79 Å². The van der Waals surface area contributed by atoms with Crippen LogP contribution < -0.4 is 5.32 Å². The minimum atomic E-state index is 0. The molecule has 0 spiro atoms. The molecule has 0 saturated carbocycles. The Labute approximate surface area is 244 Å². The molecule has 2 heterocycles. The summed E-state index contributed by atoms with van der Waals surface area (Å²) >= 11 is 10.2. The number of ketones is 1. The molecule has 0 bridgehead atoms. The molecule has 0 aromatic heterocycles. The zero-order valence-corrected chi connectivity index (χ0v) is 29.4. The molecule has 2 fully saturated rings. The minimum absolute atomic E-state index is 0. The van der Waals surface area contributed by atoms with Crippen molar-refractivity contribution < 1.29 is 14.3 Å². The molecule has 12 heteroatoms. The SMILES string of the molecule is C.C.CC(=O)C(C)N1CCN(P)CC1.CC(C)Br.CI.PN1CCNCC1.[I][V][I]. The second-order valence-electron chi connectivity index (χ2n) is 6.22. The Morgan fingerprint density at radius 1 is 0.933 bits per heavy atom. The maximum absolute atomic E-state index is 11.1. The van der Waals surface area contributed by atoms with Crippen LogP contribution in [-0.2, 0) is 14.3 Å². The van der Waals surface area contributed by atoms with E-state index in [1.54, 1.807) is 6.92 Å². The Kier molecular flexibility index (Phi) is 47.5. The van der Waals surface area contributed by atoms with Crippen LogP contribution in [-0.4, -0.2) is 88.2 Å². The number of hydrogen-bond acceptors (Lipinski definition) is 5. The van der Waals surface area contributed by atoms with E-state index in [-0.39, 0.29) is 26.7 Å². The molecule has 2 rings (SSSR count). The predicted octanol–water partition coefficient (Wildman–Crippen LogP) is 5.94. The second kappa shape index (κ2) is 32.6. The van der Waals surface area contributed by atoms with E-state index in [1.807, 2.05) is 11.9 Å². The third-order valence-corrected chi connectivity index (χ3v) is 4.67. The van der Waals surface area contributed by atoms with Gasteiger partial charge in [-0.2, -0.15) is 0 Å². The Balaban J connectivity index is -0.0000000997. The Morgan fingerprint density at radius 2 is 1.23 bits per heavy atom. The molecular weight excluding hydrogens is 862 g/mol. The number of nitrogens with one attached hydrogen (secondary N) is 1. The maximum atomic E-state index is 11.1. The van der Waals surface area contributed by atoms with E-state index in [0.717, 1.165) is 39.3 Å². The van der Waals surface area contributed by atoms with Crippen LogP contribution in [0.25, 0.3) is 0 Å². The van der Waals surface area contributed by atoms with Gasteiger partial charge >= 0.3 is 49.4 Å². The molecule has 1 N–H and O–H groups in total. The van der Waals surface area contributed by atoms with Crippen molar-refractivity contribution in [2.45, 2.75) is 53.4 Å². The fourth-order valence-corrected chi connectivity index (χ4v) is 2.55. The number of halogens is 4. The summed E-state index contributed by atoms with van der Waals surface area (Å²) < 4.78 is 4.46. The zero-order chi connectivity index (χ0) is 22.5. The topological polar surface area (TPSA) is 38.8 Å². The number of Topliss-reactive ketones (excluding diaryl/α,β-unsaturated/α-hetero) is 1. The quantitative estimate of drug-likeness (QED) is 0.212. The molecule has 0 amide bonds. The first-order valence-electron chi connectivity index (χ1n) is 9.04. The van der Waals surface area contributed by atoms with Crippen LogP contribution in [0.5, 0.6) is 0 Å². The molecule has 187 valence electrons. The zero-order valence-electron chi connectivity index (χ0n) is 17.7. The molecule has 2 aliphatic rings. The van der Waals surface area contributed by atoms with Crippen LogP contribution in [0.15, 0.2) is 0 Å².